The predicted molar refractivity (Wildman–Crippen MR) is 145 cm³/mol. The van der Waals surface area contributed by atoms with E-state index in [1.54, 1.807) is 19.1 Å². The van der Waals surface area contributed by atoms with Crippen molar-refractivity contribution in [3.05, 3.63) is 59.9 Å². The highest BCUT2D eigenvalue weighted by Crippen LogP contribution is 2.22. The smallest absolute Gasteiger partial charge is 0.221 e. The fraction of sp³-hybridized carbons (Fsp3) is 0.464. The van der Waals surface area contributed by atoms with E-state index in [4.69, 9.17) is 9.59 Å². The third-order valence-electron chi connectivity index (χ3n) is 6.27. The van der Waals surface area contributed by atoms with Gasteiger partial charge >= 0.3 is 0 Å². The van der Waals surface area contributed by atoms with Gasteiger partial charge in [-0.2, -0.15) is 0 Å². The van der Waals surface area contributed by atoms with Crippen molar-refractivity contribution in [2.45, 2.75) is 26.7 Å². The third kappa shape index (κ3) is 11.6. The lowest BCUT2D eigenvalue weighted by Gasteiger charge is -2.39. The Labute approximate surface area is 215 Å². The quantitative estimate of drug-likeness (QED) is 0.687. The highest BCUT2D eigenvalue weighted by Gasteiger charge is 2.23. The summed E-state index contributed by atoms with van der Waals surface area (Å²) < 4.78 is 12.1. The number of hydrogen-bond donors (Lipinski definition) is 1. The van der Waals surface area contributed by atoms with Crippen LogP contribution in [0, 0.1) is 18.7 Å². The molecule has 2 aromatic rings. The summed E-state index contributed by atoms with van der Waals surface area (Å²) in [6.07, 6.45) is 2.69. The van der Waals surface area contributed by atoms with Gasteiger partial charge in [0.25, 0.3) is 0 Å². The lowest BCUT2D eigenvalue weighted by molar-refractivity contribution is -0.114. The van der Waals surface area contributed by atoms with Crippen LogP contribution in [-0.4, -0.2) is 82.1 Å². The average molecular weight is 501 g/mol. The van der Waals surface area contributed by atoms with Crippen LogP contribution in [0.4, 0.5) is 15.8 Å². The molecule has 0 atom stereocenters. The van der Waals surface area contributed by atoms with Gasteiger partial charge in [0.2, 0.25) is 5.91 Å². The number of likely N-dealkylation sites (tertiary alicyclic amines) is 1. The molecule has 8 heteroatoms. The lowest BCUT2D eigenvalue weighted by atomic mass is 9.96. The number of hydrogen-bond acceptors (Lipinski definition) is 6. The Morgan fingerprint density at radius 3 is 2.06 bits per heavy atom. The molecule has 0 saturated carbocycles. The molecule has 0 aliphatic carbocycles. The number of piperidine rings is 1. The lowest BCUT2D eigenvalue weighted by Crippen LogP contribution is -2.48. The topological polar surface area (TPSA) is 73.0 Å². The minimum atomic E-state index is -0.171. The van der Waals surface area contributed by atoms with Crippen LogP contribution >= 0.6 is 0 Å². The Balaban J connectivity index is 0.000000452. The molecule has 4 rings (SSSR count). The molecule has 0 radical (unpaired) electrons. The van der Waals surface area contributed by atoms with Crippen LogP contribution in [0.25, 0.3) is 0 Å². The van der Waals surface area contributed by atoms with Gasteiger partial charge in [0.05, 0.1) is 0 Å². The number of piperazine rings is 1. The third-order valence-corrected chi connectivity index (χ3v) is 6.27. The van der Waals surface area contributed by atoms with Gasteiger partial charge in [-0.25, -0.2) is 4.39 Å². The van der Waals surface area contributed by atoms with Crippen LogP contribution in [-0.2, 0) is 14.4 Å². The van der Waals surface area contributed by atoms with Crippen molar-refractivity contribution < 1.29 is 18.8 Å². The summed E-state index contributed by atoms with van der Waals surface area (Å²) in [4.78, 5) is 34.7. The van der Waals surface area contributed by atoms with Gasteiger partial charge in [0, 0.05) is 51.0 Å². The number of rotatable bonds is 4. The van der Waals surface area contributed by atoms with Gasteiger partial charge in [-0.3, -0.25) is 9.69 Å². The monoisotopic (exact) mass is 500 g/mol. The molecule has 1 N–H and O–H groups in total. The SMILES string of the molecule is C=O.C=O.CC(=O)Nc1cccc(N2CCN(CC3CCN(C)CC3)CC2)c1.Cc1ccc(F)cc1. The molecule has 0 unspecified atom stereocenters. The Kier molecular flexibility index (Phi) is 14.9. The van der Waals surface area contributed by atoms with Crippen LogP contribution < -0.4 is 10.2 Å². The molecule has 198 valence electrons. The Morgan fingerprint density at radius 1 is 0.944 bits per heavy atom. The largest absolute Gasteiger partial charge is 0.369 e. The number of nitrogens with zero attached hydrogens (tertiary/aromatic N) is 3. The standard InChI is InChI=1S/C19H30N4O.C7H7F.2CH2O/c1-16(24)20-18-4-3-5-19(14-18)23-12-10-22(11-13-23)15-17-6-8-21(2)9-7-17;1-6-2-4-7(8)5-3-6;2*1-2/h3-5,14,17H,6-13,15H2,1-2H3,(H,20,24);2-5H,1H3;2*1H2. The van der Waals surface area contributed by atoms with Crippen molar-refractivity contribution in [2.24, 2.45) is 5.92 Å². The van der Waals surface area contributed by atoms with Crippen molar-refractivity contribution in [2.75, 3.05) is 63.1 Å². The Morgan fingerprint density at radius 2 is 1.53 bits per heavy atom. The maximum absolute atomic E-state index is 12.1. The minimum absolute atomic E-state index is 0.0184. The van der Waals surface area contributed by atoms with Gasteiger partial charge in [-0.1, -0.05) is 23.8 Å². The summed E-state index contributed by atoms with van der Waals surface area (Å²) in [5.41, 5.74) is 3.18. The number of amides is 1. The molecular formula is C28H41FN4O3. The number of aryl methyl sites for hydroxylation is 1. The first-order valence-electron chi connectivity index (χ1n) is 12.2. The van der Waals surface area contributed by atoms with E-state index >= 15 is 0 Å². The number of carbonyl (C=O) groups is 3. The Bertz CT molecular complexity index is 858. The second kappa shape index (κ2) is 17.3. The first kappa shape index (κ1) is 30.9. The highest BCUT2D eigenvalue weighted by atomic mass is 19.1. The van der Waals surface area contributed by atoms with Crippen LogP contribution in [0.1, 0.15) is 25.3 Å². The highest BCUT2D eigenvalue weighted by molar-refractivity contribution is 5.89. The van der Waals surface area contributed by atoms with Gasteiger partial charge in [-0.15, -0.1) is 0 Å². The molecule has 7 nitrogen and oxygen atoms in total. The molecule has 0 bridgehead atoms. The molecule has 0 spiro atoms. The molecule has 2 heterocycles. The van der Waals surface area contributed by atoms with Crippen molar-refractivity contribution in [3.8, 4) is 0 Å². The molecule has 2 saturated heterocycles. The van der Waals surface area contributed by atoms with Gasteiger partial charge in [0.15, 0.2) is 0 Å². The zero-order valence-corrected chi connectivity index (χ0v) is 21.9. The average Bonchev–Trinajstić information content (AvgIpc) is 2.90. The molecule has 2 aromatic carbocycles. The second-order valence-corrected chi connectivity index (χ2v) is 9.06. The second-order valence-electron chi connectivity index (χ2n) is 9.06. The predicted octanol–water partition coefficient (Wildman–Crippen LogP) is 3.87. The van der Waals surface area contributed by atoms with Crippen molar-refractivity contribution in [1.82, 2.24) is 9.80 Å². The maximum Gasteiger partial charge on any atom is 0.221 e. The van der Waals surface area contributed by atoms with Crippen LogP contribution in [0.2, 0.25) is 0 Å². The molecular weight excluding hydrogens is 459 g/mol. The molecule has 1 amide bonds. The van der Waals surface area contributed by atoms with E-state index < -0.39 is 0 Å². The van der Waals surface area contributed by atoms with Crippen LogP contribution in [0.15, 0.2) is 48.5 Å². The van der Waals surface area contributed by atoms with E-state index in [0.717, 1.165) is 43.3 Å². The van der Waals surface area contributed by atoms with E-state index in [1.165, 1.54) is 50.3 Å². The van der Waals surface area contributed by atoms with Gasteiger partial charge in [0.1, 0.15) is 19.4 Å². The maximum atomic E-state index is 12.1. The molecule has 36 heavy (non-hydrogen) atoms. The molecule has 2 aliphatic heterocycles. The van der Waals surface area contributed by atoms with Crippen LogP contribution in [0.5, 0.6) is 0 Å². The number of benzene rings is 2. The summed E-state index contributed by atoms with van der Waals surface area (Å²) in [6, 6.07) is 14.6. The Hall–Kier alpha value is -3.10. The van der Waals surface area contributed by atoms with E-state index in [9.17, 15) is 9.18 Å². The zero-order chi connectivity index (χ0) is 26.9. The summed E-state index contributed by atoms with van der Waals surface area (Å²) in [5.74, 6) is 0.682. The van der Waals surface area contributed by atoms with E-state index in [0.29, 0.717) is 0 Å². The number of anilines is 2. The van der Waals surface area contributed by atoms with Crippen molar-refractivity contribution >= 4 is 30.9 Å². The fourth-order valence-electron chi connectivity index (χ4n) is 4.32. The van der Waals surface area contributed by atoms with E-state index in [2.05, 4.69) is 39.2 Å². The minimum Gasteiger partial charge on any atom is -0.369 e. The fourth-order valence-corrected chi connectivity index (χ4v) is 4.32. The normalized spacial score (nSPS) is 16.3. The van der Waals surface area contributed by atoms with Gasteiger partial charge < -0.3 is 24.7 Å². The van der Waals surface area contributed by atoms with Crippen LogP contribution in [0.3, 0.4) is 0 Å². The van der Waals surface area contributed by atoms with Gasteiger partial charge in [-0.05, 0) is 76.2 Å². The first-order valence-corrected chi connectivity index (χ1v) is 12.2. The zero-order valence-electron chi connectivity index (χ0n) is 21.9. The summed E-state index contributed by atoms with van der Waals surface area (Å²) in [5, 5.41) is 2.87. The summed E-state index contributed by atoms with van der Waals surface area (Å²) in [7, 11) is 2.23. The number of halogens is 1. The molecule has 2 fully saturated rings. The van der Waals surface area contributed by atoms with E-state index in [1.807, 2.05) is 32.6 Å². The summed E-state index contributed by atoms with van der Waals surface area (Å²) >= 11 is 0. The number of nitrogens with one attached hydrogen (secondary N) is 1. The molecule has 0 aromatic heterocycles. The van der Waals surface area contributed by atoms with E-state index in [-0.39, 0.29) is 11.7 Å². The first-order chi connectivity index (χ1) is 17.4. The number of carbonyl (C=O) groups excluding carboxylic acids is 3. The summed E-state index contributed by atoms with van der Waals surface area (Å²) in [6.45, 7) is 15.6. The van der Waals surface area contributed by atoms with Crippen molar-refractivity contribution in [1.29, 1.82) is 0 Å². The molecule has 2 aliphatic rings. The van der Waals surface area contributed by atoms with Crippen molar-refractivity contribution in [3.63, 3.8) is 0 Å².